The average molecular weight is 553 g/mol. The quantitative estimate of drug-likeness (QED) is 0.106. The van der Waals surface area contributed by atoms with E-state index in [1.165, 1.54) is 23.1 Å². The molecule has 1 saturated heterocycles. The Hall–Kier alpha value is -3.57. The molecular weight excluding hydrogens is 535 g/mol. The Labute approximate surface area is 214 Å². The molecule has 3 aromatic heterocycles. The van der Waals surface area contributed by atoms with E-state index < -0.39 is 42.5 Å². The first-order chi connectivity index (χ1) is 17.4. The number of carboxylic acids is 1. The zero-order chi connectivity index (χ0) is 25.4. The second-order valence-electron chi connectivity index (χ2n) is 7.58. The molecular formula is C19H17FN8O5S3. The van der Waals surface area contributed by atoms with Crippen LogP contribution in [0.15, 0.2) is 40.5 Å². The number of β-lactam (4-membered cyclic amide) rings is 1. The van der Waals surface area contributed by atoms with E-state index in [0.29, 0.717) is 11.3 Å². The highest BCUT2D eigenvalue weighted by atomic mass is 32.2. The number of hydrogen-bond donors (Lipinski definition) is 2. The first kappa shape index (κ1) is 24.1. The Morgan fingerprint density at radius 2 is 2.28 bits per heavy atom. The summed E-state index contributed by atoms with van der Waals surface area (Å²) in [5.41, 5.74) is 5.50. The minimum Gasteiger partial charge on any atom is -0.543 e. The molecule has 5 rings (SSSR count). The number of halogens is 1. The molecule has 2 aliphatic heterocycles. The van der Waals surface area contributed by atoms with E-state index in [4.69, 9.17) is 10.6 Å². The molecule has 3 N–H and O–H groups in total. The number of aliphatic carboxylic acids is 1. The summed E-state index contributed by atoms with van der Waals surface area (Å²) < 4.78 is 20.1. The van der Waals surface area contributed by atoms with Crippen LogP contribution < -0.4 is 20.7 Å². The highest BCUT2D eigenvalue weighted by Gasteiger charge is 2.53. The lowest BCUT2D eigenvalue weighted by atomic mass is 10.0. The number of anilines is 1. The highest BCUT2D eigenvalue weighted by molar-refractivity contribution is 8.00. The molecule has 2 amide bonds. The number of carbonyl (C=O) groups is 3. The van der Waals surface area contributed by atoms with E-state index in [1.807, 2.05) is 33.1 Å². The second kappa shape index (κ2) is 9.82. The summed E-state index contributed by atoms with van der Waals surface area (Å²) in [6, 6.07) is -1.03. The third-order valence-electron chi connectivity index (χ3n) is 5.31. The van der Waals surface area contributed by atoms with Gasteiger partial charge >= 0.3 is 0 Å². The van der Waals surface area contributed by atoms with E-state index in [1.54, 1.807) is 0 Å². The molecule has 188 valence electrons. The zero-order valence-electron chi connectivity index (χ0n) is 18.2. The third-order valence-corrected chi connectivity index (χ3v) is 8.00. The smallest absolute Gasteiger partial charge is 0.278 e. The number of imidazole rings is 1. The zero-order valence-corrected chi connectivity index (χ0v) is 20.6. The molecule has 2 aliphatic rings. The van der Waals surface area contributed by atoms with Crippen molar-refractivity contribution in [2.45, 2.75) is 18.0 Å². The summed E-state index contributed by atoms with van der Waals surface area (Å²) in [5.74, 6) is -2.77. The lowest BCUT2D eigenvalue weighted by Gasteiger charge is -2.50. The van der Waals surface area contributed by atoms with Gasteiger partial charge in [0.05, 0.1) is 11.7 Å². The fourth-order valence-electron chi connectivity index (χ4n) is 3.80. The van der Waals surface area contributed by atoms with Gasteiger partial charge in [-0.25, -0.2) is 8.96 Å². The SMILES string of the molecule is Nc1nc(/C(=N/OCCF)C(=O)N[C@@H]2C(=O)N3C(C(=O)[O-])=C(C[n+]4cc5sccn5c4)CS[C@H]23)ns1. The van der Waals surface area contributed by atoms with Crippen molar-refractivity contribution in [1.29, 1.82) is 0 Å². The second-order valence-corrected chi connectivity index (χ2v) is 10.4. The summed E-state index contributed by atoms with van der Waals surface area (Å²) in [5, 5.41) is 19.5. The van der Waals surface area contributed by atoms with Crippen LogP contribution in [-0.2, 0) is 25.8 Å². The predicted molar refractivity (Wildman–Crippen MR) is 125 cm³/mol. The van der Waals surface area contributed by atoms with Crippen molar-refractivity contribution >= 4 is 68.1 Å². The molecule has 36 heavy (non-hydrogen) atoms. The Morgan fingerprint density at radius 1 is 1.44 bits per heavy atom. The predicted octanol–water partition coefficient (Wildman–Crippen LogP) is -1.48. The van der Waals surface area contributed by atoms with Crippen LogP contribution in [0.5, 0.6) is 0 Å². The number of rotatable bonds is 9. The Balaban J connectivity index is 1.34. The minimum atomic E-state index is -1.47. The number of nitrogens with two attached hydrogens (primary N) is 1. The number of aromatic nitrogens is 4. The lowest BCUT2D eigenvalue weighted by Crippen LogP contribution is -2.71. The van der Waals surface area contributed by atoms with Crippen molar-refractivity contribution < 1.29 is 33.3 Å². The monoisotopic (exact) mass is 552 g/mol. The van der Waals surface area contributed by atoms with Gasteiger partial charge in [0.25, 0.3) is 11.8 Å². The number of amides is 2. The van der Waals surface area contributed by atoms with Crippen LogP contribution in [0.1, 0.15) is 5.82 Å². The van der Waals surface area contributed by atoms with E-state index in [2.05, 4.69) is 19.8 Å². The summed E-state index contributed by atoms with van der Waals surface area (Å²) in [6.45, 7) is -0.969. The van der Waals surface area contributed by atoms with Gasteiger partial charge in [0.2, 0.25) is 22.7 Å². The molecule has 0 spiro atoms. The largest absolute Gasteiger partial charge is 0.543 e. The lowest BCUT2D eigenvalue weighted by molar-refractivity contribution is -0.687. The van der Waals surface area contributed by atoms with Gasteiger partial charge < -0.3 is 25.8 Å². The van der Waals surface area contributed by atoms with Gasteiger partial charge in [-0.3, -0.25) is 14.5 Å². The third kappa shape index (κ3) is 4.40. The number of alkyl halides is 1. The molecule has 0 aromatic carbocycles. The maximum Gasteiger partial charge on any atom is 0.278 e. The van der Waals surface area contributed by atoms with E-state index >= 15 is 0 Å². The number of hydrogen-bond acceptors (Lipinski definition) is 12. The van der Waals surface area contributed by atoms with E-state index in [0.717, 1.165) is 21.3 Å². The van der Waals surface area contributed by atoms with Crippen molar-refractivity contribution in [2.24, 2.45) is 5.16 Å². The van der Waals surface area contributed by atoms with Crippen LogP contribution in [0, 0.1) is 0 Å². The molecule has 17 heteroatoms. The summed E-state index contributed by atoms with van der Waals surface area (Å²) in [6.07, 6.45) is 5.60. The molecule has 0 bridgehead atoms. The number of carboxylic acid groups (broad SMARTS) is 1. The Morgan fingerprint density at radius 3 is 2.97 bits per heavy atom. The van der Waals surface area contributed by atoms with Gasteiger partial charge in [-0.2, -0.15) is 13.8 Å². The molecule has 0 radical (unpaired) electrons. The van der Waals surface area contributed by atoms with Gasteiger partial charge in [-0.1, -0.05) is 16.5 Å². The fraction of sp³-hybridized carbons (Fsp3) is 0.316. The number of nitrogens with one attached hydrogen (secondary N) is 1. The average Bonchev–Trinajstić information content (AvgIpc) is 3.56. The van der Waals surface area contributed by atoms with Crippen LogP contribution in [0.25, 0.3) is 4.83 Å². The number of thioether (sulfide) groups is 1. The van der Waals surface area contributed by atoms with Gasteiger partial charge in [0, 0.05) is 28.2 Å². The normalized spacial score (nSPS) is 19.9. The molecule has 0 aliphatic carbocycles. The Kier molecular flexibility index (Phi) is 6.59. The summed E-state index contributed by atoms with van der Waals surface area (Å²) >= 11 is 3.67. The van der Waals surface area contributed by atoms with E-state index in [-0.39, 0.29) is 28.9 Å². The first-order valence-electron chi connectivity index (χ1n) is 10.4. The molecule has 2 atom stereocenters. The number of thiazole rings is 1. The van der Waals surface area contributed by atoms with Crippen molar-refractivity contribution in [2.75, 3.05) is 24.8 Å². The molecule has 0 saturated carbocycles. The standard InChI is InChI=1S/C19H17FN8O5S3/c20-1-3-33-24-11(14-23-19(21)36-25-14)15(29)22-12-16(30)28-13(18(31)32)9(7-35-17(12)28)5-26-6-10-27(8-26)2-4-34-10/h2,4,6,8,12,17H,1,3,5,7H2,(H3-,21,22,23,25,29,31,32)/b24-11-/t12-,17-/m1/s1. The number of oxime groups is 1. The van der Waals surface area contributed by atoms with Crippen molar-refractivity contribution in [3.8, 4) is 0 Å². The summed E-state index contributed by atoms with van der Waals surface area (Å²) in [7, 11) is 0. The molecule has 13 nitrogen and oxygen atoms in total. The first-order valence-corrected chi connectivity index (χ1v) is 13.1. The van der Waals surface area contributed by atoms with Gasteiger partial charge in [0.15, 0.2) is 5.13 Å². The molecule has 1 fully saturated rings. The molecule has 5 heterocycles. The van der Waals surface area contributed by atoms with Crippen molar-refractivity contribution in [1.82, 2.24) is 24.0 Å². The summed E-state index contributed by atoms with van der Waals surface area (Å²) in [4.78, 5) is 48.6. The van der Waals surface area contributed by atoms with Gasteiger partial charge in [-0.15, -0.1) is 11.8 Å². The number of fused-ring (bicyclic) bond motifs is 2. The van der Waals surface area contributed by atoms with Crippen LogP contribution in [0.2, 0.25) is 0 Å². The van der Waals surface area contributed by atoms with Gasteiger partial charge in [0.1, 0.15) is 43.6 Å². The van der Waals surface area contributed by atoms with Crippen LogP contribution in [0.4, 0.5) is 9.52 Å². The van der Waals surface area contributed by atoms with Gasteiger partial charge in [-0.05, 0) is 0 Å². The number of nitrogen functional groups attached to an aromatic ring is 1. The van der Waals surface area contributed by atoms with Crippen LogP contribution >= 0.6 is 34.6 Å². The van der Waals surface area contributed by atoms with Crippen LogP contribution in [0.3, 0.4) is 0 Å². The number of carbonyl (C=O) groups excluding carboxylic acids is 3. The Bertz CT molecular complexity index is 1390. The maximum absolute atomic E-state index is 13.0. The van der Waals surface area contributed by atoms with Crippen molar-refractivity contribution in [3.63, 3.8) is 0 Å². The van der Waals surface area contributed by atoms with Crippen LogP contribution in [-0.4, -0.2) is 72.6 Å². The fourth-order valence-corrected chi connectivity index (χ4v) is 6.32. The maximum atomic E-state index is 13.0. The van der Waals surface area contributed by atoms with Crippen molar-refractivity contribution in [3.05, 3.63) is 41.2 Å². The highest BCUT2D eigenvalue weighted by Crippen LogP contribution is 2.40. The minimum absolute atomic E-state index is 0.0712. The number of nitrogens with zero attached hydrogens (tertiary/aromatic N) is 6. The molecule has 3 aromatic rings. The topological polar surface area (TPSA) is 171 Å². The molecule has 0 unspecified atom stereocenters. The van der Waals surface area contributed by atoms with E-state index in [9.17, 15) is 23.9 Å².